The van der Waals surface area contributed by atoms with Crippen molar-refractivity contribution in [3.8, 4) is 22.4 Å². The molecule has 0 radical (unpaired) electrons. The third kappa shape index (κ3) is 6.83. The number of sulfonamides is 1. The molecule has 0 spiro atoms. The van der Waals surface area contributed by atoms with E-state index in [1.807, 2.05) is 67.6 Å². The van der Waals surface area contributed by atoms with Gasteiger partial charge in [-0.3, -0.25) is 9.78 Å². The molecule has 1 aliphatic rings. The predicted octanol–water partition coefficient (Wildman–Crippen LogP) is 5.21. The van der Waals surface area contributed by atoms with E-state index in [1.54, 1.807) is 13.2 Å². The van der Waals surface area contributed by atoms with Crippen LogP contribution in [0.3, 0.4) is 0 Å². The van der Waals surface area contributed by atoms with Gasteiger partial charge in [0.25, 0.3) is 0 Å². The molecule has 196 valence electrons. The molecule has 1 fully saturated rings. The number of carbonyl (C=O) groups excluding carboxylic acids is 1. The van der Waals surface area contributed by atoms with E-state index < -0.39 is 10.0 Å². The Kier molecular flexibility index (Phi) is 8.42. The normalized spacial score (nSPS) is 18.9. The highest BCUT2D eigenvalue weighted by atomic mass is 32.2. The molecule has 0 saturated heterocycles. The molecule has 1 amide bonds. The summed E-state index contributed by atoms with van der Waals surface area (Å²) in [7, 11) is -1.56. The Balaban J connectivity index is 1.47. The second kappa shape index (κ2) is 11.5. The van der Waals surface area contributed by atoms with E-state index in [-0.39, 0.29) is 23.9 Å². The van der Waals surface area contributed by atoms with E-state index >= 15 is 0 Å². The van der Waals surface area contributed by atoms with Gasteiger partial charge in [-0.1, -0.05) is 54.6 Å². The zero-order valence-electron chi connectivity index (χ0n) is 21.7. The third-order valence-corrected chi connectivity index (χ3v) is 8.64. The van der Waals surface area contributed by atoms with Crippen molar-refractivity contribution in [3.63, 3.8) is 0 Å². The van der Waals surface area contributed by atoms with Crippen LogP contribution in [0.25, 0.3) is 22.4 Å². The average Bonchev–Trinajstić information content (AvgIpc) is 2.88. The van der Waals surface area contributed by atoms with Crippen LogP contribution in [-0.2, 0) is 14.8 Å². The first-order valence-electron chi connectivity index (χ1n) is 12.8. The SMILES string of the molecule is C[C@H](N)c1ccc(-c2ncc(NC(=O)C[C@H]3CC[C@H](N(C)S(C)(=O)=O)CC3)cc2-c2ccccc2)cc1. The van der Waals surface area contributed by atoms with Crippen molar-refractivity contribution in [2.75, 3.05) is 18.6 Å². The topological polar surface area (TPSA) is 105 Å². The maximum Gasteiger partial charge on any atom is 0.224 e. The van der Waals surface area contributed by atoms with Crippen LogP contribution in [0, 0.1) is 5.92 Å². The molecule has 1 atom stereocenters. The van der Waals surface area contributed by atoms with Gasteiger partial charge in [0.2, 0.25) is 15.9 Å². The molecule has 0 aliphatic heterocycles. The number of nitrogens with two attached hydrogens (primary N) is 1. The fourth-order valence-electron chi connectivity index (χ4n) is 5.00. The molecule has 7 nitrogen and oxygen atoms in total. The van der Waals surface area contributed by atoms with Crippen molar-refractivity contribution in [3.05, 3.63) is 72.4 Å². The van der Waals surface area contributed by atoms with Gasteiger partial charge in [0.05, 0.1) is 23.8 Å². The van der Waals surface area contributed by atoms with Crippen molar-refractivity contribution in [1.29, 1.82) is 0 Å². The van der Waals surface area contributed by atoms with E-state index in [2.05, 4.69) is 5.32 Å². The number of nitrogens with one attached hydrogen (secondary N) is 1. The zero-order valence-corrected chi connectivity index (χ0v) is 22.5. The minimum atomic E-state index is -3.20. The number of pyridine rings is 1. The number of nitrogens with zero attached hydrogens (tertiary/aromatic N) is 2. The monoisotopic (exact) mass is 520 g/mol. The molecule has 37 heavy (non-hydrogen) atoms. The summed E-state index contributed by atoms with van der Waals surface area (Å²) in [5.74, 6) is 0.197. The molecule has 3 N–H and O–H groups in total. The number of benzene rings is 2. The molecular weight excluding hydrogens is 484 g/mol. The molecule has 1 heterocycles. The molecular formula is C29H36N4O3S. The van der Waals surface area contributed by atoms with E-state index in [1.165, 1.54) is 10.6 Å². The molecule has 1 saturated carbocycles. The highest BCUT2D eigenvalue weighted by molar-refractivity contribution is 7.88. The minimum absolute atomic E-state index is 0.0154. The quantitative estimate of drug-likeness (QED) is 0.424. The van der Waals surface area contributed by atoms with Gasteiger partial charge in [0.15, 0.2) is 0 Å². The molecule has 1 aromatic heterocycles. The number of hydrogen-bond acceptors (Lipinski definition) is 5. The Morgan fingerprint density at radius 2 is 1.70 bits per heavy atom. The van der Waals surface area contributed by atoms with Crippen LogP contribution >= 0.6 is 0 Å². The second-order valence-corrected chi connectivity index (χ2v) is 12.1. The minimum Gasteiger partial charge on any atom is -0.325 e. The smallest absolute Gasteiger partial charge is 0.224 e. The van der Waals surface area contributed by atoms with Gasteiger partial charge >= 0.3 is 0 Å². The van der Waals surface area contributed by atoms with Crippen molar-refractivity contribution < 1.29 is 13.2 Å². The van der Waals surface area contributed by atoms with Gasteiger partial charge < -0.3 is 11.1 Å². The Labute approximate surface area is 220 Å². The molecule has 8 heteroatoms. The van der Waals surface area contributed by atoms with Gasteiger partial charge in [0.1, 0.15) is 0 Å². The summed E-state index contributed by atoms with van der Waals surface area (Å²) in [6.07, 6.45) is 6.58. The van der Waals surface area contributed by atoms with Crippen LogP contribution < -0.4 is 11.1 Å². The number of anilines is 1. The van der Waals surface area contributed by atoms with Gasteiger partial charge in [-0.15, -0.1) is 0 Å². The van der Waals surface area contributed by atoms with E-state index in [9.17, 15) is 13.2 Å². The Morgan fingerprint density at radius 3 is 2.30 bits per heavy atom. The highest BCUT2D eigenvalue weighted by Gasteiger charge is 2.29. The van der Waals surface area contributed by atoms with Gasteiger partial charge in [-0.05, 0) is 55.7 Å². The first-order chi connectivity index (χ1) is 17.6. The summed E-state index contributed by atoms with van der Waals surface area (Å²) >= 11 is 0. The van der Waals surface area contributed by atoms with Gasteiger partial charge in [-0.2, -0.15) is 0 Å². The largest absolute Gasteiger partial charge is 0.325 e. The molecule has 4 rings (SSSR count). The molecule has 0 unspecified atom stereocenters. The number of hydrogen-bond donors (Lipinski definition) is 2. The Morgan fingerprint density at radius 1 is 1.05 bits per heavy atom. The summed E-state index contributed by atoms with van der Waals surface area (Å²) < 4.78 is 25.1. The predicted molar refractivity (Wildman–Crippen MR) is 149 cm³/mol. The van der Waals surface area contributed by atoms with Crippen LogP contribution in [0.1, 0.15) is 50.6 Å². The van der Waals surface area contributed by atoms with Crippen LogP contribution in [0.2, 0.25) is 0 Å². The van der Waals surface area contributed by atoms with Crippen molar-refractivity contribution in [1.82, 2.24) is 9.29 Å². The molecule has 3 aromatic rings. The maximum absolute atomic E-state index is 12.9. The van der Waals surface area contributed by atoms with E-state index in [0.717, 1.165) is 53.6 Å². The summed E-state index contributed by atoms with van der Waals surface area (Å²) in [5.41, 5.74) is 11.5. The van der Waals surface area contributed by atoms with Crippen LogP contribution in [0.5, 0.6) is 0 Å². The van der Waals surface area contributed by atoms with Crippen molar-refractivity contribution in [2.24, 2.45) is 11.7 Å². The fraction of sp³-hybridized carbons (Fsp3) is 0.379. The van der Waals surface area contributed by atoms with E-state index in [0.29, 0.717) is 12.1 Å². The molecule has 2 aromatic carbocycles. The lowest BCUT2D eigenvalue weighted by Gasteiger charge is -2.33. The summed E-state index contributed by atoms with van der Waals surface area (Å²) in [6, 6.07) is 20.1. The lowest BCUT2D eigenvalue weighted by Crippen LogP contribution is -2.39. The number of aromatic nitrogens is 1. The molecule has 1 aliphatic carbocycles. The van der Waals surface area contributed by atoms with Crippen molar-refractivity contribution in [2.45, 2.75) is 51.1 Å². The van der Waals surface area contributed by atoms with E-state index in [4.69, 9.17) is 10.7 Å². The Bertz CT molecular complexity index is 1320. The fourth-order valence-corrected chi connectivity index (χ4v) is 5.76. The standard InChI is InChI=1S/C29H36N4O3S/c1-20(30)22-11-13-24(14-12-22)29-27(23-7-5-4-6-8-23)18-25(19-31-29)32-28(34)17-21-9-15-26(16-10-21)33(2)37(3,35)36/h4-8,11-14,18-21,26H,9-10,15-17,30H2,1-3H3,(H,32,34)/t20-,21-,26-/m0/s1. The maximum atomic E-state index is 12.9. The summed E-state index contributed by atoms with van der Waals surface area (Å²) in [4.78, 5) is 17.6. The van der Waals surface area contributed by atoms with Crippen molar-refractivity contribution >= 4 is 21.6 Å². The van der Waals surface area contributed by atoms with Gasteiger partial charge in [-0.25, -0.2) is 12.7 Å². The lowest BCUT2D eigenvalue weighted by molar-refractivity contribution is -0.117. The lowest BCUT2D eigenvalue weighted by atomic mass is 9.84. The first-order valence-corrected chi connectivity index (χ1v) is 14.6. The van der Waals surface area contributed by atoms with Crippen LogP contribution in [0.4, 0.5) is 5.69 Å². The summed E-state index contributed by atoms with van der Waals surface area (Å²) in [5, 5.41) is 3.04. The third-order valence-electron chi connectivity index (χ3n) is 7.29. The highest BCUT2D eigenvalue weighted by Crippen LogP contribution is 2.34. The number of amides is 1. The number of rotatable bonds is 8. The second-order valence-electron chi connectivity index (χ2n) is 10.1. The zero-order chi connectivity index (χ0) is 26.6. The average molecular weight is 521 g/mol. The van der Waals surface area contributed by atoms with Crippen LogP contribution in [-0.4, -0.2) is 43.0 Å². The first kappa shape index (κ1) is 27.0. The Hall–Kier alpha value is -3.07. The summed E-state index contributed by atoms with van der Waals surface area (Å²) in [6.45, 7) is 1.96. The van der Waals surface area contributed by atoms with Crippen LogP contribution in [0.15, 0.2) is 66.9 Å². The van der Waals surface area contributed by atoms with Gasteiger partial charge in [0, 0.05) is 36.7 Å². The molecule has 0 bridgehead atoms. The number of carbonyl (C=O) groups is 1.